The second kappa shape index (κ2) is 11.2. The summed E-state index contributed by atoms with van der Waals surface area (Å²) < 4.78 is 10.7. The Labute approximate surface area is 206 Å². The lowest BCUT2D eigenvalue weighted by Gasteiger charge is -2.31. The van der Waals surface area contributed by atoms with Crippen LogP contribution in [0.3, 0.4) is 0 Å². The molecule has 9 heteroatoms. The Balaban J connectivity index is 1.56. The van der Waals surface area contributed by atoms with Crippen molar-refractivity contribution in [3.05, 3.63) is 70.9 Å². The number of carbonyl (C=O) groups is 2. The third-order valence-electron chi connectivity index (χ3n) is 5.04. The number of carbonyl (C=O) groups excluding carboxylic acids is 2. The minimum absolute atomic E-state index is 0.0919. The van der Waals surface area contributed by atoms with E-state index in [0.29, 0.717) is 35.4 Å². The molecule has 1 aromatic heterocycles. The van der Waals surface area contributed by atoms with Crippen LogP contribution in [0.1, 0.15) is 18.2 Å². The highest BCUT2D eigenvalue weighted by Crippen LogP contribution is 2.32. The summed E-state index contributed by atoms with van der Waals surface area (Å²) in [6.07, 6.45) is 0.0919. The molecule has 2 heterocycles. The largest absolute Gasteiger partial charge is 0.497 e. The first-order chi connectivity index (χ1) is 16.6. The molecule has 0 spiro atoms. The van der Waals surface area contributed by atoms with Crippen LogP contribution in [0.15, 0.2) is 71.0 Å². The average Bonchev–Trinajstić information content (AvgIpc) is 3.35. The second-order valence-electron chi connectivity index (χ2n) is 7.41. The van der Waals surface area contributed by atoms with Gasteiger partial charge in [-0.2, -0.15) is 0 Å². The summed E-state index contributed by atoms with van der Waals surface area (Å²) >= 11 is 2.88. The van der Waals surface area contributed by atoms with E-state index >= 15 is 0 Å². The summed E-state index contributed by atoms with van der Waals surface area (Å²) in [6.45, 7) is 2.86. The molecule has 0 radical (unpaired) electrons. The average molecular weight is 496 g/mol. The number of ether oxygens (including phenoxy) is 2. The van der Waals surface area contributed by atoms with Crippen LogP contribution in [-0.4, -0.2) is 40.8 Å². The van der Waals surface area contributed by atoms with Crippen LogP contribution in [-0.2, 0) is 16.1 Å². The van der Waals surface area contributed by atoms with E-state index < -0.39 is 5.25 Å². The quantitative estimate of drug-likeness (QED) is 0.458. The molecule has 7 nitrogen and oxygen atoms in total. The predicted molar refractivity (Wildman–Crippen MR) is 137 cm³/mol. The predicted octanol–water partition coefficient (Wildman–Crippen LogP) is 5.32. The van der Waals surface area contributed by atoms with Crippen LogP contribution in [0.5, 0.6) is 11.5 Å². The Bertz CT molecular complexity index is 1160. The van der Waals surface area contributed by atoms with Gasteiger partial charge in [0.15, 0.2) is 5.17 Å². The van der Waals surface area contributed by atoms with E-state index in [4.69, 9.17) is 14.5 Å². The van der Waals surface area contributed by atoms with Crippen molar-refractivity contribution in [2.75, 3.05) is 19.0 Å². The number of amidine groups is 1. The summed E-state index contributed by atoms with van der Waals surface area (Å²) in [7, 11) is 1.60. The monoisotopic (exact) mass is 495 g/mol. The molecule has 3 aromatic rings. The van der Waals surface area contributed by atoms with E-state index in [1.165, 1.54) is 11.8 Å². The maximum absolute atomic E-state index is 13.1. The van der Waals surface area contributed by atoms with E-state index in [1.54, 1.807) is 35.5 Å². The zero-order valence-corrected chi connectivity index (χ0v) is 20.5. The van der Waals surface area contributed by atoms with Crippen LogP contribution < -0.4 is 14.8 Å². The SMILES string of the molecule is CCOc1cccc(NC(=O)[C@H]2CC(=O)N(Cc3cccs3)C(=Nc3ccc(OC)cc3)S2)c1. The van der Waals surface area contributed by atoms with Gasteiger partial charge in [0, 0.05) is 23.1 Å². The van der Waals surface area contributed by atoms with Crippen LogP contribution in [0.4, 0.5) is 11.4 Å². The molecular formula is C25H25N3O4S2. The van der Waals surface area contributed by atoms with Crippen molar-refractivity contribution in [2.45, 2.75) is 25.1 Å². The minimum Gasteiger partial charge on any atom is -0.497 e. The number of rotatable bonds is 8. The molecule has 0 aliphatic carbocycles. The highest BCUT2D eigenvalue weighted by atomic mass is 32.2. The normalized spacial score (nSPS) is 17.0. The Morgan fingerprint density at radius 2 is 1.97 bits per heavy atom. The van der Waals surface area contributed by atoms with Crippen LogP contribution in [0, 0.1) is 0 Å². The molecule has 1 aliphatic heterocycles. The maximum atomic E-state index is 13.1. The molecule has 1 fully saturated rings. The van der Waals surface area contributed by atoms with Gasteiger partial charge in [-0.25, -0.2) is 4.99 Å². The molecule has 1 saturated heterocycles. The first-order valence-electron chi connectivity index (χ1n) is 10.8. The van der Waals surface area contributed by atoms with Gasteiger partial charge in [0.2, 0.25) is 11.8 Å². The highest BCUT2D eigenvalue weighted by Gasteiger charge is 2.36. The molecule has 4 rings (SSSR count). The van der Waals surface area contributed by atoms with Crippen molar-refractivity contribution in [3.63, 3.8) is 0 Å². The molecule has 0 saturated carbocycles. The van der Waals surface area contributed by atoms with Gasteiger partial charge in [0.1, 0.15) is 16.7 Å². The third-order valence-corrected chi connectivity index (χ3v) is 7.08. The number of thioether (sulfide) groups is 1. The standard InChI is InChI=1S/C25H25N3O4S2/c1-3-32-20-7-4-6-18(14-20)26-24(30)22-15-23(29)28(16-21-8-5-13-33-21)25(34-22)27-17-9-11-19(31-2)12-10-17/h4-14,22H,3,15-16H2,1-2H3,(H,26,30)/t22-/m1/s1. The summed E-state index contributed by atoms with van der Waals surface area (Å²) in [4.78, 5) is 33.6. The lowest BCUT2D eigenvalue weighted by molar-refractivity contribution is -0.129. The Morgan fingerprint density at radius 1 is 1.15 bits per heavy atom. The van der Waals surface area contributed by atoms with Gasteiger partial charge in [0.25, 0.3) is 0 Å². The number of hydrogen-bond acceptors (Lipinski definition) is 7. The van der Waals surface area contributed by atoms with Gasteiger partial charge in [0.05, 0.1) is 25.9 Å². The van der Waals surface area contributed by atoms with E-state index in [-0.39, 0.29) is 18.2 Å². The molecule has 0 bridgehead atoms. The zero-order valence-electron chi connectivity index (χ0n) is 18.9. The molecule has 34 heavy (non-hydrogen) atoms. The van der Waals surface area contributed by atoms with Crippen LogP contribution >= 0.6 is 23.1 Å². The number of thiophene rings is 1. The van der Waals surface area contributed by atoms with Crippen molar-refractivity contribution < 1.29 is 19.1 Å². The van der Waals surface area contributed by atoms with Crippen molar-refractivity contribution in [2.24, 2.45) is 4.99 Å². The van der Waals surface area contributed by atoms with Crippen molar-refractivity contribution in [1.82, 2.24) is 4.90 Å². The summed E-state index contributed by atoms with van der Waals surface area (Å²) in [6, 6.07) is 18.4. The smallest absolute Gasteiger partial charge is 0.238 e. The second-order valence-corrected chi connectivity index (χ2v) is 9.61. The van der Waals surface area contributed by atoms with Gasteiger partial charge >= 0.3 is 0 Å². The molecular weight excluding hydrogens is 470 g/mol. The fourth-order valence-electron chi connectivity index (χ4n) is 3.38. The van der Waals surface area contributed by atoms with E-state index in [2.05, 4.69) is 5.32 Å². The van der Waals surface area contributed by atoms with Gasteiger partial charge in [-0.1, -0.05) is 23.9 Å². The lowest BCUT2D eigenvalue weighted by Crippen LogP contribution is -2.44. The summed E-state index contributed by atoms with van der Waals surface area (Å²) in [5.41, 5.74) is 1.30. The van der Waals surface area contributed by atoms with Crippen molar-refractivity contribution >= 4 is 51.5 Å². The molecule has 2 amide bonds. The summed E-state index contributed by atoms with van der Waals surface area (Å²) in [5.74, 6) is 1.02. The molecule has 1 atom stereocenters. The maximum Gasteiger partial charge on any atom is 0.238 e. The Morgan fingerprint density at radius 3 is 2.68 bits per heavy atom. The number of methoxy groups -OCH3 is 1. The number of nitrogens with one attached hydrogen (secondary N) is 1. The van der Waals surface area contributed by atoms with Gasteiger partial charge in [-0.15, -0.1) is 11.3 Å². The number of aliphatic imine (C=N–C) groups is 1. The van der Waals surface area contributed by atoms with E-state index in [9.17, 15) is 9.59 Å². The van der Waals surface area contributed by atoms with Gasteiger partial charge < -0.3 is 14.8 Å². The van der Waals surface area contributed by atoms with Crippen molar-refractivity contribution in [3.8, 4) is 11.5 Å². The number of anilines is 1. The molecule has 1 N–H and O–H groups in total. The zero-order chi connectivity index (χ0) is 23.9. The van der Waals surface area contributed by atoms with E-state index in [0.717, 1.165) is 10.6 Å². The molecule has 1 aliphatic rings. The van der Waals surface area contributed by atoms with E-state index in [1.807, 2.05) is 60.8 Å². The summed E-state index contributed by atoms with van der Waals surface area (Å²) in [5, 5.41) is 4.79. The third kappa shape index (κ3) is 5.98. The Kier molecular flexibility index (Phi) is 7.87. The highest BCUT2D eigenvalue weighted by molar-refractivity contribution is 8.15. The van der Waals surface area contributed by atoms with Gasteiger partial charge in [-0.3, -0.25) is 14.5 Å². The fraction of sp³-hybridized carbons (Fsp3) is 0.240. The first-order valence-corrected chi connectivity index (χ1v) is 12.6. The number of nitrogens with zero attached hydrogens (tertiary/aromatic N) is 2. The van der Waals surface area contributed by atoms with Gasteiger partial charge in [-0.05, 0) is 54.8 Å². The van der Waals surface area contributed by atoms with Crippen LogP contribution in [0.2, 0.25) is 0 Å². The first kappa shape index (κ1) is 23.8. The fourth-order valence-corrected chi connectivity index (χ4v) is 5.17. The topological polar surface area (TPSA) is 80.2 Å². The molecule has 176 valence electrons. The minimum atomic E-state index is -0.597. The number of hydrogen-bond donors (Lipinski definition) is 1. The van der Waals surface area contributed by atoms with Crippen LogP contribution in [0.25, 0.3) is 0 Å². The van der Waals surface area contributed by atoms with Crippen molar-refractivity contribution in [1.29, 1.82) is 0 Å². The number of amides is 2. The Hall–Kier alpha value is -3.30. The lowest BCUT2D eigenvalue weighted by atomic mass is 10.2. The molecule has 2 aromatic carbocycles. The number of benzene rings is 2. The molecule has 0 unspecified atom stereocenters.